The third-order valence-electron chi connectivity index (χ3n) is 4.63. The summed E-state index contributed by atoms with van der Waals surface area (Å²) in [4.78, 5) is 23.1. The number of hydrogen-bond acceptors (Lipinski definition) is 6. The Morgan fingerprint density at radius 3 is 1.81 bits per heavy atom. The molecule has 0 saturated heterocycles. The molecule has 0 bridgehead atoms. The van der Waals surface area contributed by atoms with Gasteiger partial charge in [0.1, 0.15) is 0 Å². The van der Waals surface area contributed by atoms with E-state index in [2.05, 4.69) is 24.4 Å². The van der Waals surface area contributed by atoms with Crippen molar-refractivity contribution < 1.29 is 53.6 Å². The van der Waals surface area contributed by atoms with Gasteiger partial charge in [0, 0.05) is 17.6 Å². The van der Waals surface area contributed by atoms with Crippen molar-refractivity contribution in [2.24, 2.45) is 5.41 Å². The van der Waals surface area contributed by atoms with Crippen LogP contribution in [0.4, 0.5) is 26.3 Å². The largest absolute Gasteiger partial charge is 0.462 e. The lowest BCUT2D eigenvalue weighted by atomic mass is 9.81. The zero-order valence-electron chi connectivity index (χ0n) is 19.1. The van der Waals surface area contributed by atoms with E-state index in [4.69, 9.17) is 13.0 Å². The van der Waals surface area contributed by atoms with Gasteiger partial charge in [-0.3, -0.25) is 0 Å². The van der Waals surface area contributed by atoms with E-state index in [0.29, 0.717) is 6.08 Å². The van der Waals surface area contributed by atoms with Crippen LogP contribution in [0.15, 0.2) is 12.2 Å². The highest BCUT2D eigenvalue weighted by atomic mass is 28.4. The van der Waals surface area contributed by atoms with Crippen LogP contribution in [0.2, 0.25) is 24.7 Å². The first-order valence-electron chi connectivity index (χ1n) is 9.49. The van der Waals surface area contributed by atoms with E-state index in [1.807, 2.05) is 27.7 Å². The third kappa shape index (κ3) is 11.6. The van der Waals surface area contributed by atoms with Gasteiger partial charge in [-0.1, -0.05) is 27.7 Å². The lowest BCUT2D eigenvalue weighted by molar-refractivity contribution is -0.312. The topological polar surface area (TPSA) is 71.1 Å². The van der Waals surface area contributed by atoms with Crippen molar-refractivity contribution in [3.8, 4) is 0 Å². The smallest absolute Gasteiger partial charge is 0.434 e. The van der Waals surface area contributed by atoms with Crippen molar-refractivity contribution in [1.82, 2.24) is 0 Å². The molecule has 0 N–H and O–H groups in total. The Morgan fingerprint density at radius 2 is 1.38 bits per heavy atom. The summed E-state index contributed by atoms with van der Waals surface area (Å²) in [6.07, 6.45) is -15.4. The Bertz CT molecular complexity index is 657. The highest BCUT2D eigenvalue weighted by Gasteiger charge is 2.59. The molecule has 0 fully saturated rings. The summed E-state index contributed by atoms with van der Waals surface area (Å²) in [5, 5.41) is -0.335. The van der Waals surface area contributed by atoms with Gasteiger partial charge in [-0.2, -0.15) is 26.3 Å². The molecule has 188 valence electrons. The number of hydrogen-bond donors (Lipinski definition) is 0. The maximum absolute atomic E-state index is 12.4. The second kappa shape index (κ2) is 11.3. The second-order valence-corrected chi connectivity index (χ2v) is 18.6. The van der Waals surface area contributed by atoms with Crippen molar-refractivity contribution in [1.29, 1.82) is 0 Å². The molecule has 0 aromatic heterocycles. The summed E-state index contributed by atoms with van der Waals surface area (Å²) in [7, 11) is -3.86. The van der Waals surface area contributed by atoms with Crippen molar-refractivity contribution >= 4 is 40.0 Å². The molecule has 32 heavy (non-hydrogen) atoms. The van der Waals surface area contributed by atoms with Gasteiger partial charge in [-0.25, -0.2) is 9.59 Å². The van der Waals surface area contributed by atoms with Crippen LogP contribution in [0.1, 0.15) is 27.7 Å². The molecule has 0 spiro atoms. The number of ether oxygens (including phenoxy) is 2. The first-order valence-corrected chi connectivity index (χ1v) is 15.3. The Balaban J connectivity index is 4.78. The molecular weight excluding hydrogens is 498 g/mol. The van der Waals surface area contributed by atoms with Gasteiger partial charge in [0.15, 0.2) is 18.1 Å². The van der Waals surface area contributed by atoms with Crippen LogP contribution in [0.25, 0.3) is 0 Å². The van der Waals surface area contributed by atoms with Crippen LogP contribution in [0, 0.1) is 5.41 Å². The molecular formula is C17H30F6O6Si3. The fraction of sp³-hybridized carbons (Fsp3) is 0.765. The highest BCUT2D eigenvalue weighted by molar-refractivity contribution is 6.73. The van der Waals surface area contributed by atoms with Crippen LogP contribution in [0.3, 0.4) is 0 Å². The summed E-state index contributed by atoms with van der Waals surface area (Å²) in [5.41, 5.74) is -0.561. The summed E-state index contributed by atoms with van der Waals surface area (Å²) >= 11 is 0. The van der Waals surface area contributed by atoms with Crippen molar-refractivity contribution in [2.45, 2.75) is 70.8 Å². The minimum atomic E-state index is -5.84. The Morgan fingerprint density at radius 1 is 0.906 bits per heavy atom. The van der Waals surface area contributed by atoms with E-state index >= 15 is 0 Å². The average molecular weight is 529 g/mol. The number of esters is 2. The Kier molecular flexibility index (Phi) is 10.9. The molecule has 0 aliphatic carbocycles. The zero-order chi connectivity index (χ0) is 25.6. The molecule has 0 aromatic carbocycles. The molecule has 0 heterocycles. The monoisotopic (exact) mass is 528 g/mol. The van der Waals surface area contributed by atoms with Gasteiger partial charge >= 0.3 is 24.3 Å². The fourth-order valence-electron chi connectivity index (χ4n) is 1.82. The molecule has 0 aliphatic rings. The molecule has 0 amide bonds. The van der Waals surface area contributed by atoms with Crippen molar-refractivity contribution in [3.05, 3.63) is 12.2 Å². The fourth-order valence-corrected chi connectivity index (χ4v) is 7.18. The summed E-state index contributed by atoms with van der Waals surface area (Å²) in [6, 6.07) is 0. The quantitative estimate of drug-likeness (QED) is 0.135. The first kappa shape index (κ1) is 30.8. The van der Waals surface area contributed by atoms with Gasteiger partial charge in [-0.05, 0) is 24.7 Å². The maximum Gasteiger partial charge on any atom is 0.434 e. The number of carbonyl (C=O) groups excluding carboxylic acids is 2. The summed E-state index contributed by atoms with van der Waals surface area (Å²) < 4.78 is 94.3. The first-order chi connectivity index (χ1) is 14.1. The van der Waals surface area contributed by atoms with Crippen LogP contribution in [0.5, 0.6) is 0 Å². The van der Waals surface area contributed by atoms with Crippen LogP contribution in [-0.4, -0.2) is 65.1 Å². The van der Waals surface area contributed by atoms with E-state index in [-0.39, 0.29) is 17.7 Å². The van der Waals surface area contributed by atoms with Crippen molar-refractivity contribution in [3.63, 3.8) is 0 Å². The van der Waals surface area contributed by atoms with Crippen LogP contribution >= 0.6 is 0 Å². The molecule has 6 nitrogen and oxygen atoms in total. The van der Waals surface area contributed by atoms with E-state index in [1.165, 1.54) is 0 Å². The molecule has 0 saturated carbocycles. The summed E-state index contributed by atoms with van der Waals surface area (Å²) in [6.45, 7) is 13.6. The lowest BCUT2D eigenvalue weighted by Crippen LogP contribution is -2.45. The van der Waals surface area contributed by atoms with E-state index in [0.717, 1.165) is 0 Å². The molecule has 15 heteroatoms. The number of carbonyl (C=O) groups is 2. The maximum atomic E-state index is 12.4. The minimum Gasteiger partial charge on any atom is -0.462 e. The van der Waals surface area contributed by atoms with Crippen LogP contribution < -0.4 is 0 Å². The molecule has 0 unspecified atom stereocenters. The van der Waals surface area contributed by atoms with E-state index in [1.54, 1.807) is 0 Å². The van der Waals surface area contributed by atoms with E-state index < -0.39 is 63.9 Å². The van der Waals surface area contributed by atoms with E-state index in [9.17, 15) is 35.9 Å². The normalized spacial score (nSPS) is 14.9. The minimum absolute atomic E-state index is 0.112. The lowest BCUT2D eigenvalue weighted by Gasteiger charge is -2.40. The van der Waals surface area contributed by atoms with Gasteiger partial charge < -0.3 is 17.7 Å². The number of halogens is 6. The van der Waals surface area contributed by atoms with Crippen molar-refractivity contribution in [2.75, 3.05) is 6.61 Å². The summed E-state index contributed by atoms with van der Waals surface area (Å²) in [5.74, 6) is -3.09. The second-order valence-electron chi connectivity index (χ2n) is 9.33. The molecule has 0 aliphatic heterocycles. The molecule has 0 atom stereocenters. The SMILES string of the molecule is CC(C)(COC(=O)C=CC(=O)OC(C(F)(F)F)C(F)(F)F)C(C)(C)[SiH2]O[SiH2]O[Si](C)(C)C. The Hall–Kier alpha value is -1.17. The molecule has 0 aromatic rings. The number of alkyl halides is 6. The highest BCUT2D eigenvalue weighted by Crippen LogP contribution is 2.44. The zero-order valence-corrected chi connectivity index (χ0v) is 22.9. The van der Waals surface area contributed by atoms with Gasteiger partial charge in [-0.15, -0.1) is 0 Å². The molecule has 0 rings (SSSR count). The van der Waals surface area contributed by atoms with Gasteiger partial charge in [0.25, 0.3) is 16.1 Å². The number of rotatable bonds is 11. The predicted molar refractivity (Wildman–Crippen MR) is 113 cm³/mol. The third-order valence-corrected chi connectivity index (χ3v) is 11.7. The average Bonchev–Trinajstić information content (AvgIpc) is 2.57. The predicted octanol–water partition coefficient (Wildman–Crippen LogP) is 3.30. The molecule has 0 radical (unpaired) electrons. The van der Waals surface area contributed by atoms with Gasteiger partial charge in [0.05, 0.1) is 6.61 Å². The Labute approximate surface area is 189 Å². The standard InChI is InChI=1S/C17H30F6O6Si3/c1-14(2,15(3,4)30-28-31-29-32(5,6)7)10-26-11(24)8-9-12(25)27-13(16(18,19)20)17(21,22)23/h8-9,13H,10,30-31H2,1-7H3. The van der Waals surface area contributed by atoms with Gasteiger partial charge in [0.2, 0.25) is 0 Å². The van der Waals surface area contributed by atoms with Crippen LogP contribution in [-0.2, 0) is 27.3 Å².